The standard InChI is InChI=1S/C18H25N3O3/c1-12-8-15-16(9-13(12)2)20-17(19-15)4-5-18(22)21(3)10-14-11-23-6-7-24-14/h8-9,14H,4-7,10-11H2,1-3H3,(H,19,20). The van der Waals surface area contributed by atoms with E-state index in [1.807, 2.05) is 7.05 Å². The van der Waals surface area contributed by atoms with E-state index in [9.17, 15) is 4.79 Å². The number of hydrogen-bond acceptors (Lipinski definition) is 4. The van der Waals surface area contributed by atoms with Crippen molar-refractivity contribution >= 4 is 16.9 Å². The molecule has 1 N–H and O–H groups in total. The predicted octanol–water partition coefficient (Wildman–Crippen LogP) is 1.99. The molecule has 1 atom stereocenters. The number of ether oxygens (including phenoxy) is 2. The van der Waals surface area contributed by atoms with Gasteiger partial charge in [0, 0.05) is 26.4 Å². The van der Waals surface area contributed by atoms with E-state index in [0.717, 1.165) is 16.9 Å². The summed E-state index contributed by atoms with van der Waals surface area (Å²) in [5.41, 5.74) is 4.46. The van der Waals surface area contributed by atoms with Crippen LogP contribution in [0.4, 0.5) is 0 Å². The molecule has 1 aromatic heterocycles. The van der Waals surface area contributed by atoms with Gasteiger partial charge in [0.25, 0.3) is 0 Å². The van der Waals surface area contributed by atoms with Crippen molar-refractivity contribution in [2.45, 2.75) is 32.8 Å². The third kappa shape index (κ3) is 3.94. The van der Waals surface area contributed by atoms with Crippen LogP contribution in [0, 0.1) is 13.8 Å². The fraction of sp³-hybridized carbons (Fsp3) is 0.556. The van der Waals surface area contributed by atoms with E-state index in [1.165, 1.54) is 11.1 Å². The van der Waals surface area contributed by atoms with Crippen molar-refractivity contribution in [1.82, 2.24) is 14.9 Å². The van der Waals surface area contributed by atoms with E-state index >= 15 is 0 Å². The molecule has 130 valence electrons. The predicted molar refractivity (Wildman–Crippen MR) is 92.1 cm³/mol. The number of carbonyl (C=O) groups is 1. The molecule has 2 heterocycles. The molecule has 1 saturated heterocycles. The van der Waals surface area contributed by atoms with Gasteiger partial charge >= 0.3 is 0 Å². The van der Waals surface area contributed by atoms with Crippen molar-refractivity contribution in [2.24, 2.45) is 0 Å². The molecule has 1 amide bonds. The van der Waals surface area contributed by atoms with Crippen molar-refractivity contribution in [3.05, 3.63) is 29.1 Å². The van der Waals surface area contributed by atoms with Crippen LogP contribution >= 0.6 is 0 Å². The van der Waals surface area contributed by atoms with Crippen molar-refractivity contribution in [1.29, 1.82) is 0 Å². The number of amides is 1. The third-order valence-electron chi connectivity index (χ3n) is 4.51. The Balaban J connectivity index is 1.55. The fourth-order valence-electron chi connectivity index (χ4n) is 2.91. The lowest BCUT2D eigenvalue weighted by atomic mass is 10.1. The molecule has 24 heavy (non-hydrogen) atoms. The lowest BCUT2D eigenvalue weighted by Gasteiger charge is -2.27. The number of hydrogen-bond donors (Lipinski definition) is 1. The summed E-state index contributed by atoms with van der Waals surface area (Å²) in [5, 5.41) is 0. The first-order valence-corrected chi connectivity index (χ1v) is 8.42. The summed E-state index contributed by atoms with van der Waals surface area (Å²) >= 11 is 0. The van der Waals surface area contributed by atoms with Crippen LogP contribution in [0.5, 0.6) is 0 Å². The average Bonchev–Trinajstić information content (AvgIpc) is 2.95. The van der Waals surface area contributed by atoms with E-state index in [-0.39, 0.29) is 12.0 Å². The van der Waals surface area contributed by atoms with Gasteiger partial charge in [-0.05, 0) is 37.1 Å². The number of likely N-dealkylation sites (N-methyl/N-ethyl adjacent to an activating group) is 1. The molecular weight excluding hydrogens is 306 g/mol. The number of rotatable bonds is 5. The number of fused-ring (bicyclic) bond motifs is 1. The molecule has 1 aromatic carbocycles. The van der Waals surface area contributed by atoms with E-state index in [4.69, 9.17) is 9.47 Å². The molecule has 1 fully saturated rings. The summed E-state index contributed by atoms with van der Waals surface area (Å²) in [6.07, 6.45) is 1.02. The topological polar surface area (TPSA) is 67.5 Å². The van der Waals surface area contributed by atoms with Crippen molar-refractivity contribution in [3.63, 3.8) is 0 Å². The van der Waals surface area contributed by atoms with Gasteiger partial charge in [0.15, 0.2) is 0 Å². The maximum absolute atomic E-state index is 12.3. The van der Waals surface area contributed by atoms with Crippen molar-refractivity contribution in [3.8, 4) is 0 Å². The van der Waals surface area contributed by atoms with E-state index in [0.29, 0.717) is 39.2 Å². The summed E-state index contributed by atoms with van der Waals surface area (Å²) in [4.78, 5) is 21.9. The molecule has 0 aliphatic carbocycles. The minimum atomic E-state index is -0.0233. The first-order valence-electron chi connectivity index (χ1n) is 8.42. The number of imidazole rings is 1. The Morgan fingerprint density at radius 1 is 1.33 bits per heavy atom. The van der Waals surface area contributed by atoms with Gasteiger partial charge in [-0.2, -0.15) is 0 Å². The second-order valence-corrected chi connectivity index (χ2v) is 6.48. The maximum atomic E-state index is 12.3. The zero-order valence-electron chi connectivity index (χ0n) is 14.6. The number of nitrogens with zero attached hydrogens (tertiary/aromatic N) is 2. The minimum absolute atomic E-state index is 0.0233. The maximum Gasteiger partial charge on any atom is 0.222 e. The smallest absolute Gasteiger partial charge is 0.222 e. The highest BCUT2D eigenvalue weighted by Gasteiger charge is 2.19. The highest BCUT2D eigenvalue weighted by Crippen LogP contribution is 2.18. The number of aromatic amines is 1. The zero-order valence-corrected chi connectivity index (χ0v) is 14.6. The van der Waals surface area contributed by atoms with Gasteiger partial charge in [0.05, 0.1) is 37.0 Å². The summed E-state index contributed by atoms with van der Waals surface area (Å²) < 4.78 is 11.0. The van der Waals surface area contributed by atoms with Crippen molar-refractivity contribution in [2.75, 3.05) is 33.4 Å². The molecule has 3 rings (SSSR count). The zero-order chi connectivity index (χ0) is 17.1. The average molecular weight is 331 g/mol. The Labute approximate surface area is 142 Å². The lowest BCUT2D eigenvalue weighted by molar-refractivity contribution is -0.136. The molecule has 0 radical (unpaired) electrons. The van der Waals surface area contributed by atoms with Crippen LogP contribution in [0.25, 0.3) is 11.0 Å². The molecule has 1 aliphatic heterocycles. The molecule has 0 spiro atoms. The number of carbonyl (C=O) groups excluding carboxylic acids is 1. The summed E-state index contributed by atoms with van der Waals surface area (Å²) in [6, 6.07) is 4.19. The van der Waals surface area contributed by atoms with Gasteiger partial charge < -0.3 is 19.4 Å². The Bertz CT molecular complexity index is 681. The first kappa shape index (κ1) is 16.9. The van der Waals surface area contributed by atoms with E-state index in [2.05, 4.69) is 35.9 Å². The van der Waals surface area contributed by atoms with Crippen LogP contribution in [0.15, 0.2) is 12.1 Å². The van der Waals surface area contributed by atoms with Crippen molar-refractivity contribution < 1.29 is 14.3 Å². The van der Waals surface area contributed by atoms with Crippen LogP contribution in [-0.2, 0) is 20.7 Å². The monoisotopic (exact) mass is 331 g/mol. The normalized spacial score (nSPS) is 18.0. The third-order valence-corrected chi connectivity index (χ3v) is 4.51. The molecule has 1 aliphatic rings. The second-order valence-electron chi connectivity index (χ2n) is 6.48. The van der Waals surface area contributed by atoms with E-state index < -0.39 is 0 Å². The van der Waals surface area contributed by atoms with E-state index in [1.54, 1.807) is 4.90 Å². The molecule has 2 aromatic rings. The number of aryl methyl sites for hydroxylation is 3. The summed E-state index contributed by atoms with van der Waals surface area (Å²) in [7, 11) is 1.81. The minimum Gasteiger partial charge on any atom is -0.376 e. The highest BCUT2D eigenvalue weighted by atomic mass is 16.6. The van der Waals surface area contributed by atoms with Gasteiger partial charge in [-0.25, -0.2) is 4.98 Å². The SMILES string of the molecule is Cc1cc2nc(CCC(=O)N(C)CC3COCCO3)[nH]c2cc1C. The van der Waals surface area contributed by atoms with Gasteiger partial charge in [-0.15, -0.1) is 0 Å². The Hall–Kier alpha value is -1.92. The summed E-state index contributed by atoms with van der Waals surface area (Å²) in [6.45, 7) is 6.53. The second kappa shape index (κ2) is 7.32. The molecule has 0 bridgehead atoms. The molecule has 0 saturated carbocycles. The van der Waals surface area contributed by atoms with Gasteiger partial charge in [0.2, 0.25) is 5.91 Å². The van der Waals surface area contributed by atoms with Crippen LogP contribution in [-0.4, -0.2) is 60.3 Å². The lowest BCUT2D eigenvalue weighted by Crippen LogP contribution is -2.40. The highest BCUT2D eigenvalue weighted by molar-refractivity contribution is 5.78. The van der Waals surface area contributed by atoms with Gasteiger partial charge in [-0.3, -0.25) is 4.79 Å². The summed E-state index contributed by atoms with van der Waals surface area (Å²) in [5.74, 6) is 0.950. The van der Waals surface area contributed by atoms with Crippen LogP contribution in [0.1, 0.15) is 23.4 Å². The number of aromatic nitrogens is 2. The fourth-order valence-corrected chi connectivity index (χ4v) is 2.91. The molecule has 6 nitrogen and oxygen atoms in total. The van der Waals surface area contributed by atoms with Crippen LogP contribution < -0.4 is 0 Å². The number of nitrogens with one attached hydrogen (secondary N) is 1. The quantitative estimate of drug-likeness (QED) is 0.910. The van der Waals surface area contributed by atoms with Crippen LogP contribution in [0.3, 0.4) is 0 Å². The Morgan fingerprint density at radius 2 is 2.12 bits per heavy atom. The molecule has 1 unspecified atom stereocenters. The largest absolute Gasteiger partial charge is 0.376 e. The Kier molecular flexibility index (Phi) is 5.16. The molecule has 6 heteroatoms. The van der Waals surface area contributed by atoms with Gasteiger partial charge in [-0.1, -0.05) is 0 Å². The molecular formula is C18H25N3O3. The number of benzene rings is 1. The van der Waals surface area contributed by atoms with Gasteiger partial charge in [0.1, 0.15) is 5.82 Å². The van der Waals surface area contributed by atoms with Crippen LogP contribution in [0.2, 0.25) is 0 Å². The Morgan fingerprint density at radius 3 is 2.88 bits per heavy atom. The number of H-pyrrole nitrogens is 1. The first-order chi connectivity index (χ1) is 11.5.